The number of hydrogen-bond donors (Lipinski definition) is 0. The minimum absolute atomic E-state index is 0.183. The first-order valence-corrected chi connectivity index (χ1v) is 13.2. The lowest BCUT2D eigenvalue weighted by Gasteiger charge is -2.30. The van der Waals surface area contributed by atoms with Crippen LogP contribution in [-0.4, -0.2) is 95.9 Å². The summed E-state index contributed by atoms with van der Waals surface area (Å²) in [5.41, 5.74) is 2.96. The largest absolute Gasteiger partial charge is 0.493 e. The van der Waals surface area contributed by atoms with Crippen molar-refractivity contribution in [3.05, 3.63) is 41.2 Å². The van der Waals surface area contributed by atoms with Crippen LogP contribution in [0.1, 0.15) is 29.8 Å². The van der Waals surface area contributed by atoms with Gasteiger partial charge in [-0.15, -0.1) is 0 Å². The number of nitrogens with zero attached hydrogens (tertiary/aromatic N) is 5. The maximum absolute atomic E-state index is 13.8. The Labute approximate surface area is 213 Å². The lowest BCUT2D eigenvalue weighted by molar-refractivity contribution is -0.136. The molecule has 0 saturated carbocycles. The molecule has 0 N–H and O–H groups in total. The second-order valence-corrected chi connectivity index (χ2v) is 10.8. The van der Waals surface area contributed by atoms with Crippen LogP contribution in [0.3, 0.4) is 0 Å². The van der Waals surface area contributed by atoms with E-state index in [9.17, 15) is 4.79 Å². The molecule has 2 aromatic rings. The Hall–Kier alpha value is -2.36. The summed E-state index contributed by atoms with van der Waals surface area (Å²) in [6.07, 6.45) is 1.78. The molecule has 0 radical (unpaired) electrons. The van der Waals surface area contributed by atoms with Gasteiger partial charge >= 0.3 is 0 Å². The molecule has 35 heavy (non-hydrogen) atoms. The Bertz CT molecular complexity index is 1020. The third-order valence-corrected chi connectivity index (χ3v) is 7.84. The van der Waals surface area contributed by atoms with Gasteiger partial charge in [-0.3, -0.25) is 9.69 Å². The standard InChI is InChI=1S/C26H37N5O3S/c1-18-14-19(2)28-26(27-18)35-21-15-22(25(32)30-11-7-10-29(3)12-13-30)31(17-21)16-20-8-6-9-23(33-4)24(20)34-5/h6,8-9,14,21-22H,7,10-13,15-17H2,1-5H3/t21-,22+/m1/s1. The van der Waals surface area contributed by atoms with Crippen LogP contribution in [0.4, 0.5) is 0 Å². The number of aryl methyl sites for hydroxylation is 2. The molecule has 2 aliphatic heterocycles. The molecular formula is C26H37N5O3S. The number of carbonyl (C=O) groups excluding carboxylic acids is 1. The molecule has 2 atom stereocenters. The zero-order valence-electron chi connectivity index (χ0n) is 21.5. The molecule has 0 spiro atoms. The van der Waals surface area contributed by atoms with Gasteiger partial charge < -0.3 is 19.3 Å². The van der Waals surface area contributed by atoms with Crippen molar-refractivity contribution in [3.63, 3.8) is 0 Å². The van der Waals surface area contributed by atoms with Crippen molar-refractivity contribution in [3.8, 4) is 11.5 Å². The Morgan fingerprint density at radius 2 is 1.86 bits per heavy atom. The fourth-order valence-corrected chi connectivity index (χ4v) is 6.28. The Balaban J connectivity index is 1.57. The van der Waals surface area contributed by atoms with Crippen LogP contribution in [0.5, 0.6) is 11.5 Å². The van der Waals surface area contributed by atoms with Crippen LogP contribution in [0, 0.1) is 13.8 Å². The van der Waals surface area contributed by atoms with Gasteiger partial charge in [0, 0.05) is 54.9 Å². The number of methoxy groups -OCH3 is 2. The average Bonchev–Trinajstić information content (AvgIpc) is 3.07. The molecular weight excluding hydrogens is 462 g/mol. The van der Waals surface area contributed by atoms with E-state index in [1.165, 1.54) is 0 Å². The minimum atomic E-state index is -0.183. The molecule has 190 valence electrons. The SMILES string of the molecule is COc1cccc(CN2C[C@H](Sc3nc(C)cc(C)n3)C[C@H]2C(=O)N2CCCN(C)CC2)c1OC. The summed E-state index contributed by atoms with van der Waals surface area (Å²) < 4.78 is 11.2. The fraction of sp³-hybridized carbons (Fsp3) is 0.577. The Morgan fingerprint density at radius 1 is 1.09 bits per heavy atom. The normalized spacial score (nSPS) is 21.7. The maximum atomic E-state index is 13.8. The summed E-state index contributed by atoms with van der Waals surface area (Å²) in [6.45, 7) is 8.93. The van der Waals surface area contributed by atoms with E-state index < -0.39 is 0 Å². The number of amides is 1. The topological polar surface area (TPSA) is 71.0 Å². The van der Waals surface area contributed by atoms with Gasteiger partial charge in [-0.1, -0.05) is 23.9 Å². The summed E-state index contributed by atoms with van der Waals surface area (Å²) in [5.74, 6) is 1.66. The van der Waals surface area contributed by atoms with E-state index in [2.05, 4.69) is 37.8 Å². The number of benzene rings is 1. The van der Waals surface area contributed by atoms with Crippen molar-refractivity contribution in [2.24, 2.45) is 0 Å². The summed E-state index contributed by atoms with van der Waals surface area (Å²) in [4.78, 5) is 29.7. The first kappa shape index (κ1) is 25.7. The van der Waals surface area contributed by atoms with E-state index in [0.717, 1.165) is 73.4 Å². The number of aromatic nitrogens is 2. The third kappa shape index (κ3) is 6.26. The van der Waals surface area contributed by atoms with Gasteiger partial charge in [0.2, 0.25) is 5.91 Å². The van der Waals surface area contributed by atoms with Crippen LogP contribution in [-0.2, 0) is 11.3 Å². The highest BCUT2D eigenvalue weighted by atomic mass is 32.2. The molecule has 8 nitrogen and oxygen atoms in total. The maximum Gasteiger partial charge on any atom is 0.240 e. The highest BCUT2D eigenvalue weighted by Crippen LogP contribution is 2.36. The van der Waals surface area contributed by atoms with Crippen LogP contribution in [0.2, 0.25) is 0 Å². The highest BCUT2D eigenvalue weighted by molar-refractivity contribution is 7.99. The average molecular weight is 500 g/mol. The lowest BCUT2D eigenvalue weighted by atomic mass is 10.1. The van der Waals surface area contributed by atoms with E-state index in [1.807, 2.05) is 32.0 Å². The van der Waals surface area contributed by atoms with E-state index in [1.54, 1.807) is 26.0 Å². The predicted octanol–water partition coefficient (Wildman–Crippen LogP) is 3.01. The molecule has 3 heterocycles. The molecule has 2 aliphatic rings. The molecule has 4 rings (SSSR count). The van der Waals surface area contributed by atoms with Crippen LogP contribution >= 0.6 is 11.8 Å². The van der Waals surface area contributed by atoms with Crippen molar-refractivity contribution >= 4 is 17.7 Å². The summed E-state index contributed by atoms with van der Waals surface area (Å²) in [5, 5.41) is 1.02. The van der Waals surface area contributed by atoms with Crippen molar-refractivity contribution in [1.29, 1.82) is 0 Å². The highest BCUT2D eigenvalue weighted by Gasteiger charge is 2.40. The van der Waals surface area contributed by atoms with Crippen LogP contribution < -0.4 is 9.47 Å². The zero-order chi connectivity index (χ0) is 24.9. The van der Waals surface area contributed by atoms with Gasteiger partial charge in [-0.25, -0.2) is 9.97 Å². The molecule has 0 bridgehead atoms. The number of likely N-dealkylation sites (N-methyl/N-ethyl adjacent to an activating group) is 1. The molecule has 1 amide bonds. The van der Waals surface area contributed by atoms with Gasteiger partial charge in [0.05, 0.1) is 20.3 Å². The van der Waals surface area contributed by atoms with E-state index >= 15 is 0 Å². The Morgan fingerprint density at radius 3 is 2.57 bits per heavy atom. The van der Waals surface area contributed by atoms with E-state index in [0.29, 0.717) is 12.3 Å². The monoisotopic (exact) mass is 499 g/mol. The van der Waals surface area contributed by atoms with E-state index in [4.69, 9.17) is 9.47 Å². The van der Waals surface area contributed by atoms with E-state index in [-0.39, 0.29) is 17.2 Å². The minimum Gasteiger partial charge on any atom is -0.493 e. The number of ether oxygens (including phenoxy) is 2. The number of carbonyl (C=O) groups is 1. The first-order valence-electron chi connectivity index (χ1n) is 12.3. The second kappa shape index (κ2) is 11.6. The zero-order valence-corrected chi connectivity index (χ0v) is 22.3. The molecule has 1 aromatic carbocycles. The summed E-state index contributed by atoms with van der Waals surface area (Å²) in [6, 6.07) is 7.74. The quantitative estimate of drug-likeness (QED) is 0.539. The van der Waals surface area contributed by atoms with Crippen molar-refractivity contribution in [2.75, 3.05) is 54.0 Å². The molecule has 0 aliphatic carbocycles. The number of hydrogen-bond acceptors (Lipinski definition) is 8. The molecule has 2 fully saturated rings. The fourth-order valence-electron chi connectivity index (χ4n) is 5.05. The Kier molecular flexibility index (Phi) is 8.51. The van der Waals surface area contributed by atoms with Crippen molar-refractivity contribution in [2.45, 2.75) is 49.7 Å². The van der Waals surface area contributed by atoms with Gasteiger partial charge in [0.1, 0.15) is 0 Å². The van der Waals surface area contributed by atoms with Crippen LogP contribution in [0.15, 0.2) is 29.4 Å². The molecule has 9 heteroatoms. The number of rotatable bonds is 7. The van der Waals surface area contributed by atoms with Crippen molar-refractivity contribution in [1.82, 2.24) is 24.7 Å². The lowest BCUT2D eigenvalue weighted by Crippen LogP contribution is -2.46. The van der Waals surface area contributed by atoms with Crippen molar-refractivity contribution < 1.29 is 14.3 Å². The number of thioether (sulfide) groups is 1. The predicted molar refractivity (Wildman–Crippen MR) is 138 cm³/mol. The molecule has 2 saturated heterocycles. The second-order valence-electron chi connectivity index (χ2n) is 9.49. The van der Waals surface area contributed by atoms with Gasteiger partial charge in [-0.05, 0) is 52.4 Å². The first-order chi connectivity index (χ1) is 16.9. The molecule has 0 unspecified atom stereocenters. The molecule has 1 aromatic heterocycles. The summed E-state index contributed by atoms with van der Waals surface area (Å²) in [7, 11) is 5.44. The number of para-hydroxylation sites is 1. The number of likely N-dealkylation sites (tertiary alicyclic amines) is 1. The van der Waals surface area contributed by atoms with Crippen LogP contribution in [0.25, 0.3) is 0 Å². The third-order valence-electron chi connectivity index (χ3n) is 6.77. The van der Waals surface area contributed by atoms with Gasteiger partial charge in [-0.2, -0.15) is 0 Å². The summed E-state index contributed by atoms with van der Waals surface area (Å²) >= 11 is 1.68. The van der Waals surface area contributed by atoms with Gasteiger partial charge in [0.25, 0.3) is 0 Å². The van der Waals surface area contributed by atoms with Gasteiger partial charge in [0.15, 0.2) is 16.7 Å². The smallest absolute Gasteiger partial charge is 0.240 e.